The van der Waals surface area contributed by atoms with Crippen LogP contribution in [0.25, 0.3) is 0 Å². The highest BCUT2D eigenvalue weighted by Gasteiger charge is 2.16. The number of rotatable bonds is 6. The first-order chi connectivity index (χ1) is 9.20. The van der Waals surface area contributed by atoms with Crippen molar-refractivity contribution >= 4 is 27.3 Å². The summed E-state index contributed by atoms with van der Waals surface area (Å²) in [4.78, 5) is 4.33. The molecule has 2 aromatic rings. The zero-order chi connectivity index (χ0) is 13.7. The predicted molar refractivity (Wildman–Crippen MR) is 81.0 cm³/mol. The van der Waals surface area contributed by atoms with Crippen molar-refractivity contribution in [2.45, 2.75) is 25.8 Å². The summed E-state index contributed by atoms with van der Waals surface area (Å²) in [7, 11) is 0. The molecule has 2 nitrogen and oxygen atoms in total. The van der Waals surface area contributed by atoms with Gasteiger partial charge in [0, 0.05) is 28.5 Å². The van der Waals surface area contributed by atoms with Crippen LogP contribution in [0.15, 0.2) is 34.2 Å². The Labute approximate surface area is 125 Å². The maximum atomic E-state index is 13.2. The molecule has 0 spiro atoms. The second-order valence-electron chi connectivity index (χ2n) is 4.30. The van der Waals surface area contributed by atoms with Crippen LogP contribution in [-0.4, -0.2) is 11.5 Å². The Balaban J connectivity index is 2.20. The van der Waals surface area contributed by atoms with E-state index in [2.05, 4.69) is 33.2 Å². The van der Waals surface area contributed by atoms with E-state index in [1.54, 1.807) is 11.3 Å². The number of halogens is 2. The van der Waals surface area contributed by atoms with Crippen molar-refractivity contribution in [3.05, 3.63) is 50.6 Å². The van der Waals surface area contributed by atoms with Gasteiger partial charge in [-0.3, -0.25) is 0 Å². The average molecular weight is 343 g/mol. The van der Waals surface area contributed by atoms with Crippen LogP contribution in [0.2, 0.25) is 0 Å². The lowest BCUT2D eigenvalue weighted by molar-refractivity contribution is 0.525. The predicted octanol–water partition coefficient (Wildman–Crippen LogP) is 4.33. The molecule has 0 fully saturated rings. The summed E-state index contributed by atoms with van der Waals surface area (Å²) >= 11 is 5.09. The minimum absolute atomic E-state index is 0.154. The molecule has 2 rings (SSSR count). The van der Waals surface area contributed by atoms with E-state index in [1.807, 2.05) is 17.6 Å². The van der Waals surface area contributed by atoms with Gasteiger partial charge in [0.25, 0.3) is 0 Å². The zero-order valence-corrected chi connectivity index (χ0v) is 13.1. The van der Waals surface area contributed by atoms with Gasteiger partial charge in [-0.1, -0.05) is 28.9 Å². The van der Waals surface area contributed by atoms with Crippen molar-refractivity contribution in [3.63, 3.8) is 0 Å². The van der Waals surface area contributed by atoms with Crippen molar-refractivity contribution < 1.29 is 4.39 Å². The molecule has 1 unspecified atom stereocenters. The van der Waals surface area contributed by atoms with Gasteiger partial charge >= 0.3 is 0 Å². The Kier molecular flexibility index (Phi) is 5.48. The van der Waals surface area contributed by atoms with Gasteiger partial charge in [-0.05, 0) is 30.7 Å². The van der Waals surface area contributed by atoms with Gasteiger partial charge in [0.2, 0.25) is 0 Å². The van der Waals surface area contributed by atoms with Crippen LogP contribution < -0.4 is 5.32 Å². The summed E-state index contributed by atoms with van der Waals surface area (Å²) in [6, 6.07) is 5.00. The highest BCUT2D eigenvalue weighted by molar-refractivity contribution is 9.10. The summed E-state index contributed by atoms with van der Waals surface area (Å²) in [5.74, 6) is -0.223. The fraction of sp³-hybridized carbons (Fsp3) is 0.357. The molecular weight excluding hydrogens is 327 g/mol. The van der Waals surface area contributed by atoms with E-state index in [1.165, 1.54) is 12.1 Å². The Bertz CT molecular complexity index is 516. The van der Waals surface area contributed by atoms with E-state index in [9.17, 15) is 4.39 Å². The van der Waals surface area contributed by atoms with E-state index in [4.69, 9.17) is 0 Å². The summed E-state index contributed by atoms with van der Waals surface area (Å²) in [6.07, 6.45) is 3.70. The Morgan fingerprint density at radius 3 is 2.95 bits per heavy atom. The number of aromatic nitrogens is 1. The third-order valence-electron chi connectivity index (χ3n) is 2.84. The molecule has 0 saturated carbocycles. The van der Waals surface area contributed by atoms with Crippen molar-refractivity contribution in [1.29, 1.82) is 0 Å². The minimum Gasteiger partial charge on any atom is -0.310 e. The molecule has 0 amide bonds. The number of benzene rings is 1. The minimum atomic E-state index is -0.223. The third-order valence-corrected chi connectivity index (χ3v) is 4.33. The van der Waals surface area contributed by atoms with Gasteiger partial charge in [-0.25, -0.2) is 9.37 Å². The first-order valence-electron chi connectivity index (χ1n) is 6.27. The Hall–Kier alpha value is -0.780. The fourth-order valence-electron chi connectivity index (χ4n) is 1.92. The number of hydrogen-bond donors (Lipinski definition) is 1. The first kappa shape index (κ1) is 14.6. The number of nitrogens with zero attached hydrogens (tertiary/aromatic N) is 1. The summed E-state index contributed by atoms with van der Waals surface area (Å²) in [6.45, 7) is 3.06. The summed E-state index contributed by atoms with van der Waals surface area (Å²) < 4.78 is 14.0. The van der Waals surface area contributed by atoms with Gasteiger partial charge in [-0.15, -0.1) is 11.3 Å². The van der Waals surface area contributed by atoms with Crippen LogP contribution in [0.1, 0.15) is 30.0 Å². The molecular formula is C14H16BrFN2S. The maximum Gasteiger partial charge on any atom is 0.124 e. The molecule has 1 aromatic heterocycles. The molecule has 0 aliphatic heterocycles. The molecule has 0 aliphatic rings. The SMILES string of the molecule is CCCNC(Cc1nccs1)c1ccc(F)cc1Br. The molecule has 19 heavy (non-hydrogen) atoms. The fourth-order valence-corrected chi connectivity index (χ4v) is 3.21. The highest BCUT2D eigenvalue weighted by Crippen LogP contribution is 2.27. The second kappa shape index (κ2) is 7.12. The van der Waals surface area contributed by atoms with Crippen molar-refractivity contribution in [3.8, 4) is 0 Å². The molecule has 1 atom stereocenters. The molecule has 1 heterocycles. The standard InChI is InChI=1S/C14H16BrFN2S/c1-2-5-17-13(9-14-18-6-7-19-14)11-4-3-10(16)8-12(11)15/h3-4,6-8,13,17H,2,5,9H2,1H3. The van der Waals surface area contributed by atoms with E-state index in [0.717, 1.165) is 34.4 Å². The lowest BCUT2D eigenvalue weighted by Crippen LogP contribution is -2.24. The monoisotopic (exact) mass is 342 g/mol. The molecule has 0 saturated heterocycles. The lowest BCUT2D eigenvalue weighted by Gasteiger charge is -2.19. The molecule has 0 bridgehead atoms. The summed E-state index contributed by atoms with van der Waals surface area (Å²) in [5, 5.41) is 6.56. The van der Waals surface area contributed by atoms with Crippen LogP contribution in [0.4, 0.5) is 4.39 Å². The van der Waals surface area contributed by atoms with Gasteiger partial charge in [0.15, 0.2) is 0 Å². The van der Waals surface area contributed by atoms with E-state index < -0.39 is 0 Å². The van der Waals surface area contributed by atoms with Crippen molar-refractivity contribution in [2.24, 2.45) is 0 Å². The highest BCUT2D eigenvalue weighted by atomic mass is 79.9. The van der Waals surface area contributed by atoms with Crippen LogP contribution in [0.3, 0.4) is 0 Å². The first-order valence-corrected chi connectivity index (χ1v) is 7.94. The summed E-state index contributed by atoms with van der Waals surface area (Å²) in [5.41, 5.74) is 1.07. The maximum absolute atomic E-state index is 13.2. The molecule has 5 heteroatoms. The number of thiazole rings is 1. The zero-order valence-electron chi connectivity index (χ0n) is 10.7. The van der Waals surface area contributed by atoms with Gasteiger partial charge in [0.1, 0.15) is 5.82 Å². The van der Waals surface area contributed by atoms with Crippen molar-refractivity contribution in [1.82, 2.24) is 10.3 Å². The number of hydrogen-bond acceptors (Lipinski definition) is 3. The second-order valence-corrected chi connectivity index (χ2v) is 6.14. The van der Waals surface area contributed by atoms with E-state index >= 15 is 0 Å². The van der Waals surface area contributed by atoms with Gasteiger partial charge < -0.3 is 5.32 Å². The van der Waals surface area contributed by atoms with Crippen LogP contribution >= 0.6 is 27.3 Å². The molecule has 102 valence electrons. The third kappa shape index (κ3) is 4.09. The topological polar surface area (TPSA) is 24.9 Å². The average Bonchev–Trinajstić information content (AvgIpc) is 2.88. The van der Waals surface area contributed by atoms with Crippen LogP contribution in [0, 0.1) is 5.82 Å². The normalized spacial score (nSPS) is 12.6. The van der Waals surface area contributed by atoms with E-state index in [0.29, 0.717) is 0 Å². The Morgan fingerprint density at radius 1 is 1.47 bits per heavy atom. The Morgan fingerprint density at radius 2 is 2.32 bits per heavy atom. The molecule has 0 aliphatic carbocycles. The molecule has 1 N–H and O–H groups in total. The molecule has 0 radical (unpaired) electrons. The smallest absolute Gasteiger partial charge is 0.124 e. The largest absolute Gasteiger partial charge is 0.310 e. The van der Waals surface area contributed by atoms with Gasteiger partial charge in [-0.2, -0.15) is 0 Å². The number of nitrogens with one attached hydrogen (secondary N) is 1. The lowest BCUT2D eigenvalue weighted by atomic mass is 10.0. The van der Waals surface area contributed by atoms with Gasteiger partial charge in [0.05, 0.1) is 5.01 Å². The van der Waals surface area contributed by atoms with Crippen molar-refractivity contribution in [2.75, 3.05) is 6.54 Å². The quantitative estimate of drug-likeness (QED) is 0.845. The van der Waals surface area contributed by atoms with Crippen LogP contribution in [-0.2, 0) is 6.42 Å². The van der Waals surface area contributed by atoms with Crippen LogP contribution in [0.5, 0.6) is 0 Å². The molecule has 1 aromatic carbocycles. The van der Waals surface area contributed by atoms with E-state index in [-0.39, 0.29) is 11.9 Å².